The molecular weight excluding hydrogens is 262 g/mol. The van der Waals surface area contributed by atoms with Crippen molar-refractivity contribution < 1.29 is 9.90 Å². The van der Waals surface area contributed by atoms with Crippen molar-refractivity contribution in [3.63, 3.8) is 0 Å². The molecule has 1 aromatic rings. The van der Waals surface area contributed by atoms with Crippen LogP contribution in [0.2, 0.25) is 0 Å². The van der Waals surface area contributed by atoms with Gasteiger partial charge in [0.2, 0.25) is 0 Å². The Morgan fingerprint density at radius 2 is 1.71 bits per heavy atom. The van der Waals surface area contributed by atoms with Crippen molar-refractivity contribution in [2.24, 2.45) is 5.41 Å². The van der Waals surface area contributed by atoms with Gasteiger partial charge in [0.25, 0.3) is 5.91 Å². The van der Waals surface area contributed by atoms with E-state index < -0.39 is 0 Å². The molecular formula is C18H29NO2. The van der Waals surface area contributed by atoms with E-state index in [0.29, 0.717) is 6.42 Å². The summed E-state index contributed by atoms with van der Waals surface area (Å²) in [7, 11) is 0. The highest BCUT2D eigenvalue weighted by molar-refractivity contribution is 5.96. The molecule has 1 amide bonds. The van der Waals surface area contributed by atoms with Crippen LogP contribution in [-0.4, -0.2) is 23.7 Å². The van der Waals surface area contributed by atoms with Gasteiger partial charge >= 0.3 is 0 Å². The minimum absolute atomic E-state index is 0.0528. The smallest absolute Gasteiger partial charge is 0.251 e. The fourth-order valence-corrected chi connectivity index (χ4v) is 2.42. The SMILES string of the molecule is CC(C)(C)c1ccccc1C(=O)NC(CCO)C(C)(C)C. The number of amides is 1. The lowest BCUT2D eigenvalue weighted by molar-refractivity contribution is 0.0883. The molecule has 2 N–H and O–H groups in total. The molecule has 0 aliphatic heterocycles. The predicted molar refractivity (Wildman–Crippen MR) is 87.6 cm³/mol. The Morgan fingerprint density at radius 1 is 1.14 bits per heavy atom. The first-order valence-electron chi connectivity index (χ1n) is 7.58. The molecule has 0 saturated heterocycles. The number of rotatable bonds is 4. The number of carbonyl (C=O) groups is 1. The molecule has 1 atom stereocenters. The molecule has 1 unspecified atom stereocenters. The van der Waals surface area contributed by atoms with E-state index in [0.717, 1.165) is 11.1 Å². The Morgan fingerprint density at radius 3 is 2.19 bits per heavy atom. The predicted octanol–water partition coefficient (Wildman–Crippen LogP) is 3.51. The summed E-state index contributed by atoms with van der Waals surface area (Å²) in [5, 5.41) is 12.3. The summed E-state index contributed by atoms with van der Waals surface area (Å²) in [6.45, 7) is 12.6. The zero-order chi connectivity index (χ0) is 16.3. The third-order valence-electron chi connectivity index (χ3n) is 3.75. The van der Waals surface area contributed by atoms with Crippen LogP contribution in [0.3, 0.4) is 0 Å². The van der Waals surface area contributed by atoms with E-state index in [1.807, 2.05) is 24.3 Å². The first-order chi connectivity index (χ1) is 9.57. The Kier molecular flexibility index (Phi) is 5.57. The topological polar surface area (TPSA) is 49.3 Å². The van der Waals surface area contributed by atoms with E-state index >= 15 is 0 Å². The quantitative estimate of drug-likeness (QED) is 0.892. The second kappa shape index (κ2) is 6.61. The summed E-state index contributed by atoms with van der Waals surface area (Å²) in [4.78, 5) is 12.7. The number of aliphatic hydroxyl groups is 1. The molecule has 1 aromatic carbocycles. The normalized spacial score (nSPS) is 13.9. The van der Waals surface area contributed by atoms with E-state index in [1.54, 1.807) is 0 Å². The lowest BCUT2D eigenvalue weighted by Crippen LogP contribution is -2.44. The van der Waals surface area contributed by atoms with Gasteiger partial charge in [0.1, 0.15) is 0 Å². The van der Waals surface area contributed by atoms with E-state index in [4.69, 9.17) is 0 Å². The van der Waals surface area contributed by atoms with Gasteiger partial charge in [-0.2, -0.15) is 0 Å². The van der Waals surface area contributed by atoms with Crippen molar-refractivity contribution in [1.29, 1.82) is 0 Å². The fourth-order valence-electron chi connectivity index (χ4n) is 2.42. The maximum absolute atomic E-state index is 12.7. The largest absolute Gasteiger partial charge is 0.396 e. The molecule has 0 aliphatic carbocycles. The van der Waals surface area contributed by atoms with Crippen LogP contribution in [0.15, 0.2) is 24.3 Å². The van der Waals surface area contributed by atoms with Gasteiger partial charge in [-0.05, 0) is 28.9 Å². The number of aliphatic hydroxyl groups excluding tert-OH is 1. The first kappa shape index (κ1) is 17.7. The van der Waals surface area contributed by atoms with E-state index in [1.165, 1.54) is 0 Å². The molecule has 0 saturated carbocycles. The maximum Gasteiger partial charge on any atom is 0.251 e. The van der Waals surface area contributed by atoms with Crippen molar-refractivity contribution in [3.05, 3.63) is 35.4 Å². The van der Waals surface area contributed by atoms with Crippen molar-refractivity contribution >= 4 is 5.91 Å². The first-order valence-corrected chi connectivity index (χ1v) is 7.58. The van der Waals surface area contributed by atoms with Crippen LogP contribution in [0.4, 0.5) is 0 Å². The highest BCUT2D eigenvalue weighted by atomic mass is 16.3. The summed E-state index contributed by atoms with van der Waals surface area (Å²) in [5.74, 6) is -0.0612. The van der Waals surface area contributed by atoms with E-state index in [-0.39, 0.29) is 29.4 Å². The number of hydrogen-bond donors (Lipinski definition) is 2. The fraction of sp³-hybridized carbons (Fsp3) is 0.611. The lowest BCUT2D eigenvalue weighted by atomic mass is 9.82. The molecule has 3 nitrogen and oxygen atoms in total. The molecule has 0 radical (unpaired) electrons. The molecule has 0 spiro atoms. The molecule has 0 bridgehead atoms. The van der Waals surface area contributed by atoms with Crippen LogP contribution < -0.4 is 5.32 Å². The van der Waals surface area contributed by atoms with Crippen LogP contribution in [0.5, 0.6) is 0 Å². The van der Waals surface area contributed by atoms with Crippen LogP contribution in [0, 0.1) is 5.41 Å². The average molecular weight is 291 g/mol. The Labute approximate surface area is 128 Å². The third-order valence-corrected chi connectivity index (χ3v) is 3.75. The molecule has 118 valence electrons. The van der Waals surface area contributed by atoms with Gasteiger partial charge in [0.15, 0.2) is 0 Å². The average Bonchev–Trinajstić information content (AvgIpc) is 2.36. The van der Waals surface area contributed by atoms with Gasteiger partial charge in [-0.15, -0.1) is 0 Å². The molecule has 1 rings (SSSR count). The van der Waals surface area contributed by atoms with Crippen molar-refractivity contribution in [2.75, 3.05) is 6.61 Å². The minimum atomic E-state index is -0.0882. The second-order valence-electron chi connectivity index (χ2n) is 7.70. The summed E-state index contributed by atoms with van der Waals surface area (Å²) in [6, 6.07) is 7.68. The van der Waals surface area contributed by atoms with Gasteiger partial charge < -0.3 is 10.4 Å². The lowest BCUT2D eigenvalue weighted by Gasteiger charge is -2.32. The summed E-state index contributed by atoms with van der Waals surface area (Å²) in [6.07, 6.45) is 0.562. The summed E-state index contributed by atoms with van der Waals surface area (Å²) < 4.78 is 0. The van der Waals surface area contributed by atoms with Gasteiger partial charge in [-0.25, -0.2) is 0 Å². The standard InChI is InChI=1S/C18H29NO2/c1-17(2,3)14-10-8-7-9-13(14)16(21)19-15(11-12-20)18(4,5)6/h7-10,15,20H,11-12H2,1-6H3,(H,19,21). The van der Waals surface area contributed by atoms with Crippen molar-refractivity contribution in [3.8, 4) is 0 Å². The molecule has 0 aromatic heterocycles. The summed E-state index contributed by atoms with van der Waals surface area (Å²) >= 11 is 0. The Balaban J connectivity index is 3.04. The van der Waals surface area contributed by atoms with Gasteiger partial charge in [-0.1, -0.05) is 59.7 Å². The number of carbonyl (C=O) groups excluding carboxylic acids is 1. The molecule has 0 aliphatic rings. The third kappa shape index (κ3) is 4.85. The molecule has 21 heavy (non-hydrogen) atoms. The molecule has 0 heterocycles. The molecule has 0 fully saturated rings. The van der Waals surface area contributed by atoms with E-state index in [2.05, 4.69) is 46.9 Å². The second-order valence-corrected chi connectivity index (χ2v) is 7.70. The number of nitrogens with one attached hydrogen (secondary N) is 1. The molecule has 3 heteroatoms. The van der Waals surface area contributed by atoms with Crippen LogP contribution in [0.1, 0.15) is 63.9 Å². The van der Waals surface area contributed by atoms with E-state index in [9.17, 15) is 9.90 Å². The Hall–Kier alpha value is -1.35. The minimum Gasteiger partial charge on any atom is -0.396 e. The monoisotopic (exact) mass is 291 g/mol. The highest BCUT2D eigenvalue weighted by Crippen LogP contribution is 2.27. The maximum atomic E-state index is 12.7. The zero-order valence-electron chi connectivity index (χ0n) is 14.2. The Bertz CT molecular complexity index is 481. The van der Waals surface area contributed by atoms with Gasteiger partial charge in [0, 0.05) is 18.2 Å². The summed E-state index contributed by atoms with van der Waals surface area (Å²) in [5.41, 5.74) is 1.59. The van der Waals surface area contributed by atoms with Crippen LogP contribution in [-0.2, 0) is 5.41 Å². The van der Waals surface area contributed by atoms with Crippen LogP contribution >= 0.6 is 0 Å². The van der Waals surface area contributed by atoms with Crippen molar-refractivity contribution in [2.45, 2.75) is 59.4 Å². The highest BCUT2D eigenvalue weighted by Gasteiger charge is 2.28. The van der Waals surface area contributed by atoms with Crippen LogP contribution in [0.25, 0.3) is 0 Å². The zero-order valence-corrected chi connectivity index (χ0v) is 14.2. The van der Waals surface area contributed by atoms with Crippen molar-refractivity contribution in [1.82, 2.24) is 5.32 Å². The van der Waals surface area contributed by atoms with Gasteiger partial charge in [0.05, 0.1) is 0 Å². The number of hydrogen-bond acceptors (Lipinski definition) is 2. The van der Waals surface area contributed by atoms with Gasteiger partial charge in [-0.3, -0.25) is 4.79 Å². The number of benzene rings is 1.